The first-order chi connectivity index (χ1) is 12.0. The molecule has 0 unspecified atom stereocenters. The van der Waals surface area contributed by atoms with E-state index in [1.54, 1.807) is 11.4 Å². The van der Waals surface area contributed by atoms with Crippen LogP contribution >= 0.6 is 11.3 Å². The molecule has 0 spiro atoms. The van der Waals surface area contributed by atoms with Crippen LogP contribution in [-0.2, 0) is 14.3 Å². The zero-order valence-electron chi connectivity index (χ0n) is 14.2. The third-order valence-corrected chi connectivity index (χ3v) is 6.03. The SMILES string of the molecule is COC(=O)[C@@H]1C[C@H]2CCCC[C@@H]2N1CC(=O)Nc1sccc1C(N)=O. The van der Waals surface area contributed by atoms with Crippen molar-refractivity contribution in [3.05, 3.63) is 17.0 Å². The highest BCUT2D eigenvalue weighted by atomic mass is 32.1. The van der Waals surface area contributed by atoms with Crippen molar-refractivity contribution < 1.29 is 19.1 Å². The lowest BCUT2D eigenvalue weighted by molar-refractivity contribution is -0.146. The van der Waals surface area contributed by atoms with Crippen LogP contribution in [0.15, 0.2) is 11.4 Å². The van der Waals surface area contributed by atoms with E-state index in [1.807, 2.05) is 4.90 Å². The van der Waals surface area contributed by atoms with Crippen molar-refractivity contribution in [3.8, 4) is 0 Å². The fourth-order valence-electron chi connectivity index (χ4n) is 4.08. The molecule has 3 N–H and O–H groups in total. The van der Waals surface area contributed by atoms with Gasteiger partial charge in [0.05, 0.1) is 19.2 Å². The van der Waals surface area contributed by atoms with Crippen LogP contribution in [0, 0.1) is 5.92 Å². The van der Waals surface area contributed by atoms with Gasteiger partial charge in [-0.3, -0.25) is 19.3 Å². The zero-order valence-corrected chi connectivity index (χ0v) is 15.0. The summed E-state index contributed by atoms with van der Waals surface area (Å²) in [4.78, 5) is 38.0. The number of likely N-dealkylation sites (tertiary alicyclic amines) is 1. The molecular weight excluding hydrogens is 342 g/mol. The number of nitrogens with one attached hydrogen (secondary N) is 1. The Bertz CT molecular complexity index is 675. The number of amides is 2. The van der Waals surface area contributed by atoms with Crippen molar-refractivity contribution in [1.29, 1.82) is 0 Å². The molecule has 2 fully saturated rings. The van der Waals surface area contributed by atoms with Crippen LogP contribution in [-0.4, -0.2) is 48.4 Å². The van der Waals surface area contributed by atoms with Gasteiger partial charge in [-0.2, -0.15) is 0 Å². The second kappa shape index (κ2) is 7.53. The molecule has 25 heavy (non-hydrogen) atoms. The summed E-state index contributed by atoms with van der Waals surface area (Å²) in [6.45, 7) is 0.108. The van der Waals surface area contributed by atoms with E-state index in [-0.39, 0.29) is 30.5 Å². The maximum absolute atomic E-state index is 12.5. The summed E-state index contributed by atoms with van der Waals surface area (Å²) in [5.41, 5.74) is 5.62. The molecule has 1 aliphatic heterocycles. The molecule has 0 aromatic carbocycles. The highest BCUT2D eigenvalue weighted by Gasteiger charge is 2.46. The van der Waals surface area contributed by atoms with Gasteiger partial charge in [0.25, 0.3) is 5.91 Å². The van der Waals surface area contributed by atoms with E-state index in [0.29, 0.717) is 16.5 Å². The molecule has 8 heteroatoms. The maximum atomic E-state index is 12.5. The van der Waals surface area contributed by atoms with Gasteiger partial charge in [-0.25, -0.2) is 0 Å². The number of fused-ring (bicyclic) bond motifs is 1. The van der Waals surface area contributed by atoms with Gasteiger partial charge in [-0.05, 0) is 36.6 Å². The number of nitrogens with two attached hydrogens (primary N) is 1. The van der Waals surface area contributed by atoms with Crippen molar-refractivity contribution in [2.24, 2.45) is 11.7 Å². The summed E-state index contributed by atoms with van der Waals surface area (Å²) >= 11 is 1.26. The lowest BCUT2D eigenvalue weighted by Crippen LogP contribution is -2.46. The summed E-state index contributed by atoms with van der Waals surface area (Å²) in [7, 11) is 1.38. The third-order valence-electron chi connectivity index (χ3n) is 5.20. The van der Waals surface area contributed by atoms with E-state index >= 15 is 0 Å². The van der Waals surface area contributed by atoms with Gasteiger partial charge in [0.1, 0.15) is 11.0 Å². The van der Waals surface area contributed by atoms with Gasteiger partial charge < -0.3 is 15.8 Å². The van der Waals surface area contributed by atoms with Gasteiger partial charge in [0, 0.05) is 6.04 Å². The average Bonchev–Trinajstić information content (AvgIpc) is 3.19. The van der Waals surface area contributed by atoms with Gasteiger partial charge in [0.15, 0.2) is 0 Å². The van der Waals surface area contributed by atoms with Crippen LogP contribution in [0.2, 0.25) is 0 Å². The molecule has 1 aromatic rings. The molecule has 2 heterocycles. The van der Waals surface area contributed by atoms with Crippen LogP contribution < -0.4 is 11.1 Å². The number of rotatable bonds is 5. The molecule has 0 radical (unpaired) electrons. The summed E-state index contributed by atoms with van der Waals surface area (Å²) < 4.78 is 4.94. The minimum Gasteiger partial charge on any atom is -0.468 e. The number of esters is 1. The van der Waals surface area contributed by atoms with Crippen LogP contribution in [0.25, 0.3) is 0 Å². The standard InChI is InChI=1S/C17H23N3O4S/c1-24-17(23)13-8-10-4-2-3-5-12(10)20(13)9-14(21)19-16-11(15(18)22)6-7-25-16/h6-7,10,12-13H,2-5,8-9H2,1H3,(H2,18,22)(H,19,21)/t10-,12+,13+/m1/s1. The highest BCUT2D eigenvalue weighted by molar-refractivity contribution is 7.14. The zero-order chi connectivity index (χ0) is 18.0. The molecule has 3 rings (SSSR count). The normalized spacial score (nSPS) is 26.0. The molecule has 2 amide bonds. The lowest BCUT2D eigenvalue weighted by atomic mass is 9.85. The fraction of sp³-hybridized carbons (Fsp3) is 0.588. The second-order valence-corrected chi connectivity index (χ2v) is 7.55. The number of nitrogens with zero attached hydrogens (tertiary/aromatic N) is 1. The van der Waals surface area contributed by atoms with E-state index in [0.717, 1.165) is 25.7 Å². The Hall–Kier alpha value is -1.93. The number of thiophene rings is 1. The van der Waals surface area contributed by atoms with E-state index < -0.39 is 5.91 Å². The molecule has 7 nitrogen and oxygen atoms in total. The van der Waals surface area contributed by atoms with E-state index in [2.05, 4.69) is 5.32 Å². The summed E-state index contributed by atoms with van der Waals surface area (Å²) in [5.74, 6) is -0.660. The monoisotopic (exact) mass is 365 g/mol. The highest BCUT2D eigenvalue weighted by Crippen LogP contribution is 2.40. The van der Waals surface area contributed by atoms with Crippen LogP contribution in [0.3, 0.4) is 0 Å². The summed E-state index contributed by atoms with van der Waals surface area (Å²) in [6, 6.07) is 1.46. The van der Waals surface area contributed by atoms with Crippen molar-refractivity contribution >= 4 is 34.1 Å². The molecule has 3 atom stereocenters. The number of methoxy groups -OCH3 is 1. The van der Waals surface area contributed by atoms with Crippen molar-refractivity contribution in [2.45, 2.75) is 44.2 Å². The molecule has 1 aliphatic carbocycles. The van der Waals surface area contributed by atoms with Gasteiger partial charge in [-0.1, -0.05) is 12.8 Å². The van der Waals surface area contributed by atoms with Crippen LogP contribution in [0.5, 0.6) is 0 Å². The van der Waals surface area contributed by atoms with E-state index in [1.165, 1.54) is 24.9 Å². The molecule has 1 saturated heterocycles. The smallest absolute Gasteiger partial charge is 0.323 e. The number of carbonyl (C=O) groups excluding carboxylic acids is 3. The van der Waals surface area contributed by atoms with E-state index in [4.69, 9.17) is 10.5 Å². The molecule has 1 aromatic heterocycles. The quantitative estimate of drug-likeness (QED) is 0.772. The predicted octanol–water partition coefficient (Wildman–Crippen LogP) is 1.59. The summed E-state index contributed by atoms with van der Waals surface area (Å²) in [5, 5.41) is 4.92. The van der Waals surface area contributed by atoms with E-state index in [9.17, 15) is 14.4 Å². The van der Waals surface area contributed by atoms with Crippen molar-refractivity contribution in [2.75, 3.05) is 19.0 Å². The Labute approximate surface area is 150 Å². The Morgan fingerprint density at radius 2 is 2.12 bits per heavy atom. The van der Waals surface area contributed by atoms with Crippen molar-refractivity contribution in [1.82, 2.24) is 4.90 Å². The first-order valence-corrected chi connectivity index (χ1v) is 9.40. The maximum Gasteiger partial charge on any atom is 0.323 e. The molecular formula is C17H23N3O4S. The number of hydrogen-bond donors (Lipinski definition) is 2. The first kappa shape index (κ1) is 17.9. The lowest BCUT2D eigenvalue weighted by Gasteiger charge is -2.32. The topological polar surface area (TPSA) is 102 Å². The number of ether oxygens (including phenoxy) is 1. The molecule has 1 saturated carbocycles. The Morgan fingerprint density at radius 3 is 2.84 bits per heavy atom. The van der Waals surface area contributed by atoms with Gasteiger partial charge >= 0.3 is 5.97 Å². The molecule has 0 bridgehead atoms. The third kappa shape index (κ3) is 3.69. The summed E-state index contributed by atoms with van der Waals surface area (Å²) in [6.07, 6.45) is 5.12. The Morgan fingerprint density at radius 1 is 1.36 bits per heavy atom. The fourth-order valence-corrected chi connectivity index (χ4v) is 4.89. The molecule has 2 aliphatic rings. The molecule has 136 valence electrons. The Balaban J connectivity index is 1.71. The number of anilines is 1. The first-order valence-electron chi connectivity index (χ1n) is 8.52. The number of hydrogen-bond acceptors (Lipinski definition) is 6. The van der Waals surface area contributed by atoms with Crippen LogP contribution in [0.1, 0.15) is 42.5 Å². The predicted molar refractivity (Wildman–Crippen MR) is 94.3 cm³/mol. The van der Waals surface area contributed by atoms with Gasteiger partial charge in [-0.15, -0.1) is 11.3 Å². The van der Waals surface area contributed by atoms with Gasteiger partial charge in [0.2, 0.25) is 5.91 Å². The number of carbonyl (C=O) groups is 3. The largest absolute Gasteiger partial charge is 0.468 e. The van der Waals surface area contributed by atoms with Crippen molar-refractivity contribution in [3.63, 3.8) is 0 Å². The second-order valence-electron chi connectivity index (χ2n) is 6.63. The average molecular weight is 365 g/mol. The minimum atomic E-state index is -0.572. The van der Waals surface area contributed by atoms with Crippen LogP contribution in [0.4, 0.5) is 5.00 Å². The number of primary amides is 1. The Kier molecular flexibility index (Phi) is 5.39. The minimum absolute atomic E-state index is 0.108.